The molecule has 3 nitrogen and oxygen atoms in total. The highest BCUT2D eigenvalue weighted by Crippen LogP contribution is 2.42. The molecule has 4 heteroatoms. The summed E-state index contributed by atoms with van der Waals surface area (Å²) in [5, 5.41) is 4.07. The van der Waals surface area contributed by atoms with Gasteiger partial charge in [-0.3, -0.25) is 0 Å². The van der Waals surface area contributed by atoms with Crippen molar-refractivity contribution < 1.29 is 9.57 Å². The maximum Gasteiger partial charge on any atom is 0.232 e. The first-order valence-corrected chi connectivity index (χ1v) is 7.61. The predicted molar refractivity (Wildman–Crippen MR) is 79.5 cm³/mol. The third kappa shape index (κ3) is 3.06. The van der Waals surface area contributed by atoms with Crippen LogP contribution in [-0.2, 0) is 9.57 Å². The van der Waals surface area contributed by atoms with Crippen molar-refractivity contribution in [3.63, 3.8) is 0 Å². The van der Waals surface area contributed by atoms with E-state index in [2.05, 4.69) is 43.3 Å². The van der Waals surface area contributed by atoms with Crippen LogP contribution in [0.4, 0.5) is 0 Å². The lowest BCUT2D eigenvalue weighted by Crippen LogP contribution is -2.32. The Balaban J connectivity index is 2.11. The van der Waals surface area contributed by atoms with Crippen LogP contribution in [0.15, 0.2) is 40.4 Å². The lowest BCUT2D eigenvalue weighted by Gasteiger charge is -2.27. The maximum absolute atomic E-state index is 5.71. The summed E-state index contributed by atoms with van der Waals surface area (Å²) in [6.07, 6.45) is 1.09. The molecule has 0 saturated carbocycles. The molecule has 2 atom stereocenters. The van der Waals surface area contributed by atoms with Crippen LogP contribution in [0, 0.1) is 11.3 Å². The smallest absolute Gasteiger partial charge is 0.232 e. The lowest BCUT2D eigenvalue weighted by molar-refractivity contribution is 0.194. The molecule has 1 aliphatic rings. The second-order valence-corrected chi connectivity index (χ2v) is 6.06. The van der Waals surface area contributed by atoms with E-state index in [1.165, 1.54) is 4.90 Å². The van der Waals surface area contributed by atoms with Gasteiger partial charge in [-0.15, -0.1) is 11.8 Å². The molecular formula is C15H21NO2S. The number of nitrogens with zero attached hydrogens (tertiary/aromatic N) is 1. The molecule has 0 aromatic heterocycles. The summed E-state index contributed by atoms with van der Waals surface area (Å²) in [5.41, 5.74) is -0.0503. The molecule has 1 aromatic carbocycles. The Labute approximate surface area is 119 Å². The van der Waals surface area contributed by atoms with E-state index >= 15 is 0 Å². The zero-order valence-corrected chi connectivity index (χ0v) is 12.6. The normalized spacial score (nSPS) is 28.4. The Morgan fingerprint density at radius 1 is 1.42 bits per heavy atom. The molecule has 0 aliphatic carbocycles. The van der Waals surface area contributed by atoms with Crippen molar-refractivity contribution in [1.29, 1.82) is 0 Å². The summed E-state index contributed by atoms with van der Waals surface area (Å²) in [5.74, 6) is 2.19. The molecule has 0 unspecified atom stereocenters. The largest absolute Gasteiger partial charge is 0.478 e. The highest BCUT2D eigenvalue weighted by molar-refractivity contribution is 7.99. The molecule has 19 heavy (non-hydrogen) atoms. The van der Waals surface area contributed by atoms with Gasteiger partial charge in [0.1, 0.15) is 7.11 Å². The Kier molecular flexibility index (Phi) is 4.75. The molecule has 1 aromatic rings. The molecule has 0 N–H and O–H groups in total. The van der Waals surface area contributed by atoms with Gasteiger partial charge in [0, 0.05) is 16.6 Å². The fourth-order valence-electron chi connectivity index (χ4n) is 2.41. The van der Waals surface area contributed by atoms with Gasteiger partial charge in [-0.1, -0.05) is 30.3 Å². The van der Waals surface area contributed by atoms with Gasteiger partial charge < -0.3 is 9.57 Å². The van der Waals surface area contributed by atoms with E-state index in [-0.39, 0.29) is 5.41 Å². The van der Waals surface area contributed by atoms with Crippen LogP contribution in [0.1, 0.15) is 20.3 Å². The molecule has 1 fully saturated rings. The van der Waals surface area contributed by atoms with Gasteiger partial charge in [-0.2, -0.15) is 0 Å². The van der Waals surface area contributed by atoms with Crippen molar-refractivity contribution in [1.82, 2.24) is 0 Å². The van der Waals surface area contributed by atoms with Gasteiger partial charge >= 0.3 is 0 Å². The number of hydrogen-bond donors (Lipinski definition) is 0. The van der Waals surface area contributed by atoms with Gasteiger partial charge in [-0.05, 0) is 25.5 Å². The average Bonchev–Trinajstić information content (AvgIpc) is 2.75. The summed E-state index contributed by atoms with van der Waals surface area (Å²) in [6, 6.07) is 10.4. The number of ether oxygens (including phenoxy) is 1. The van der Waals surface area contributed by atoms with Gasteiger partial charge in [0.25, 0.3) is 0 Å². The van der Waals surface area contributed by atoms with Crippen LogP contribution in [0.2, 0.25) is 0 Å². The van der Waals surface area contributed by atoms with Crippen molar-refractivity contribution in [2.24, 2.45) is 16.5 Å². The van der Waals surface area contributed by atoms with E-state index in [4.69, 9.17) is 9.57 Å². The van der Waals surface area contributed by atoms with E-state index in [0.717, 1.165) is 24.7 Å². The lowest BCUT2D eigenvalue weighted by atomic mass is 9.79. The molecule has 0 bridgehead atoms. The van der Waals surface area contributed by atoms with Crippen molar-refractivity contribution in [3.05, 3.63) is 30.3 Å². The fraction of sp³-hybridized carbons (Fsp3) is 0.533. The molecule has 1 heterocycles. The first-order valence-electron chi connectivity index (χ1n) is 6.63. The van der Waals surface area contributed by atoms with E-state index in [1.807, 2.05) is 17.8 Å². The predicted octanol–water partition coefficient (Wildman–Crippen LogP) is 3.80. The SMILES string of the molecule is CC[C@@H]1CO/C(=N\OC)[C@]1(C)CSc1ccccc1. The topological polar surface area (TPSA) is 30.8 Å². The van der Waals surface area contributed by atoms with Crippen molar-refractivity contribution >= 4 is 17.7 Å². The third-order valence-electron chi connectivity index (χ3n) is 3.76. The number of rotatable bonds is 5. The molecule has 1 saturated heterocycles. The monoisotopic (exact) mass is 279 g/mol. The second-order valence-electron chi connectivity index (χ2n) is 5.01. The minimum Gasteiger partial charge on any atom is -0.478 e. The zero-order valence-electron chi connectivity index (χ0n) is 11.8. The highest BCUT2D eigenvalue weighted by Gasteiger charge is 2.46. The van der Waals surface area contributed by atoms with Crippen molar-refractivity contribution in [2.45, 2.75) is 25.2 Å². The number of benzene rings is 1. The standard InChI is InChI=1S/C15H21NO2S/c1-4-12-10-18-14(16-17-3)15(12,2)11-19-13-8-6-5-7-9-13/h5-9,12H,4,10-11H2,1-3H3/b16-14-/t12-,15-/m1/s1. The Bertz CT molecular complexity index is 435. The molecule has 1 aliphatic heterocycles. The van der Waals surface area contributed by atoms with E-state index in [0.29, 0.717) is 5.92 Å². The molecule has 2 rings (SSSR count). The third-order valence-corrected chi connectivity index (χ3v) is 5.11. The van der Waals surface area contributed by atoms with E-state index in [1.54, 1.807) is 7.11 Å². The van der Waals surface area contributed by atoms with Crippen molar-refractivity contribution in [2.75, 3.05) is 19.5 Å². The number of oxime groups is 1. The molecule has 0 spiro atoms. The summed E-state index contributed by atoms with van der Waals surface area (Å²) in [6.45, 7) is 5.17. The fourth-order valence-corrected chi connectivity index (χ4v) is 3.59. The van der Waals surface area contributed by atoms with Crippen LogP contribution in [-0.4, -0.2) is 25.4 Å². The van der Waals surface area contributed by atoms with Gasteiger partial charge in [-0.25, -0.2) is 0 Å². The Morgan fingerprint density at radius 3 is 2.79 bits per heavy atom. The first-order chi connectivity index (χ1) is 9.20. The van der Waals surface area contributed by atoms with E-state index < -0.39 is 0 Å². The van der Waals surface area contributed by atoms with E-state index in [9.17, 15) is 0 Å². The summed E-state index contributed by atoms with van der Waals surface area (Å²) in [4.78, 5) is 6.20. The van der Waals surface area contributed by atoms with Crippen LogP contribution < -0.4 is 0 Å². The van der Waals surface area contributed by atoms with Crippen LogP contribution in [0.25, 0.3) is 0 Å². The van der Waals surface area contributed by atoms with Gasteiger partial charge in [0.2, 0.25) is 5.90 Å². The minimum atomic E-state index is -0.0503. The average molecular weight is 279 g/mol. The molecule has 104 valence electrons. The van der Waals surface area contributed by atoms with Crippen LogP contribution in [0.3, 0.4) is 0 Å². The molecular weight excluding hydrogens is 258 g/mol. The summed E-state index contributed by atoms with van der Waals surface area (Å²) < 4.78 is 5.71. The highest BCUT2D eigenvalue weighted by atomic mass is 32.2. The Morgan fingerprint density at radius 2 is 2.16 bits per heavy atom. The first kappa shape index (κ1) is 14.3. The molecule has 0 amide bonds. The maximum atomic E-state index is 5.71. The summed E-state index contributed by atoms with van der Waals surface area (Å²) in [7, 11) is 1.57. The Hall–Kier alpha value is -1.16. The van der Waals surface area contributed by atoms with Crippen LogP contribution in [0.5, 0.6) is 0 Å². The number of thioether (sulfide) groups is 1. The van der Waals surface area contributed by atoms with Gasteiger partial charge in [0.15, 0.2) is 0 Å². The summed E-state index contributed by atoms with van der Waals surface area (Å²) >= 11 is 1.85. The quantitative estimate of drug-likeness (QED) is 0.607. The number of hydrogen-bond acceptors (Lipinski definition) is 4. The molecule has 0 radical (unpaired) electrons. The van der Waals surface area contributed by atoms with Crippen molar-refractivity contribution in [3.8, 4) is 0 Å². The minimum absolute atomic E-state index is 0.0503. The van der Waals surface area contributed by atoms with Crippen LogP contribution >= 0.6 is 11.8 Å². The van der Waals surface area contributed by atoms with Gasteiger partial charge in [0.05, 0.1) is 12.0 Å². The zero-order chi connectivity index (χ0) is 13.7. The second kappa shape index (κ2) is 6.33.